The minimum Gasteiger partial charge on any atom is -0.308 e. The second-order valence-electron chi connectivity index (χ2n) is 7.72. The summed E-state index contributed by atoms with van der Waals surface area (Å²) < 4.78 is 41.0. The summed E-state index contributed by atoms with van der Waals surface area (Å²) in [4.78, 5) is 21.1. The molecule has 180 valence electrons. The molecule has 7 nitrogen and oxygen atoms in total. The molecule has 5 aromatic rings. The van der Waals surface area contributed by atoms with E-state index in [0.717, 1.165) is 34.5 Å². The van der Waals surface area contributed by atoms with Gasteiger partial charge in [-0.1, -0.05) is 29.8 Å². The molecule has 3 aromatic heterocycles. The lowest BCUT2D eigenvalue weighted by molar-refractivity contribution is -0.137. The van der Waals surface area contributed by atoms with Gasteiger partial charge in [0.2, 0.25) is 0 Å². The molecule has 2 aromatic carbocycles. The van der Waals surface area contributed by atoms with E-state index in [0.29, 0.717) is 11.3 Å². The van der Waals surface area contributed by atoms with Gasteiger partial charge >= 0.3 is 12.2 Å². The number of carbonyl (C=O) groups is 1. The standard InChI is InChI=1S/C25H16ClF3N6O/c26-21-7-6-18(12-20(21)25(27,28)29)34-24(36)33-17-5-1-3-15(11-17)22-8-10-31-23-19(14-32-35(22)23)16-4-2-9-30-13-16/h1-14H,(H2,33,34,36). The van der Waals surface area contributed by atoms with Crippen LogP contribution in [0.5, 0.6) is 0 Å². The third kappa shape index (κ3) is 4.71. The number of urea groups is 1. The van der Waals surface area contributed by atoms with Gasteiger partial charge in [0.1, 0.15) is 0 Å². The van der Waals surface area contributed by atoms with Crippen molar-refractivity contribution in [3.05, 3.63) is 96.0 Å². The normalized spacial score (nSPS) is 11.4. The van der Waals surface area contributed by atoms with Gasteiger partial charge in [0, 0.05) is 46.7 Å². The zero-order valence-corrected chi connectivity index (χ0v) is 19.0. The lowest BCUT2D eigenvalue weighted by Gasteiger charge is -2.13. The molecule has 11 heteroatoms. The Bertz CT molecular complexity index is 1570. The van der Waals surface area contributed by atoms with E-state index >= 15 is 0 Å². The summed E-state index contributed by atoms with van der Waals surface area (Å²) >= 11 is 5.64. The second kappa shape index (κ2) is 9.31. The molecule has 2 N–H and O–H groups in total. The molecule has 3 heterocycles. The summed E-state index contributed by atoms with van der Waals surface area (Å²) in [6.07, 6.45) is 2.15. The van der Waals surface area contributed by atoms with Gasteiger partial charge in [-0.25, -0.2) is 14.3 Å². The van der Waals surface area contributed by atoms with Crippen LogP contribution in [0, 0.1) is 0 Å². The van der Waals surface area contributed by atoms with Gasteiger partial charge < -0.3 is 10.6 Å². The molecule has 36 heavy (non-hydrogen) atoms. The van der Waals surface area contributed by atoms with E-state index in [2.05, 4.69) is 25.7 Å². The highest BCUT2D eigenvalue weighted by Gasteiger charge is 2.33. The summed E-state index contributed by atoms with van der Waals surface area (Å²) in [5.74, 6) is 0. The molecule has 0 aliphatic carbocycles. The van der Waals surface area contributed by atoms with Crippen LogP contribution in [0.3, 0.4) is 0 Å². The fourth-order valence-electron chi connectivity index (χ4n) is 3.71. The molecule has 0 radical (unpaired) electrons. The highest BCUT2D eigenvalue weighted by atomic mass is 35.5. The topological polar surface area (TPSA) is 84.2 Å². The van der Waals surface area contributed by atoms with Crippen LogP contribution in [-0.4, -0.2) is 25.6 Å². The van der Waals surface area contributed by atoms with Crippen LogP contribution < -0.4 is 10.6 Å². The number of rotatable bonds is 4. The Hall–Kier alpha value is -4.44. The van der Waals surface area contributed by atoms with Crippen molar-refractivity contribution >= 4 is 34.7 Å². The van der Waals surface area contributed by atoms with Crippen molar-refractivity contribution in [3.63, 3.8) is 0 Å². The number of pyridine rings is 1. The fourth-order valence-corrected chi connectivity index (χ4v) is 3.93. The average Bonchev–Trinajstić information content (AvgIpc) is 3.29. The highest BCUT2D eigenvalue weighted by Crippen LogP contribution is 2.36. The maximum Gasteiger partial charge on any atom is 0.417 e. The number of aromatic nitrogens is 4. The van der Waals surface area contributed by atoms with Crippen LogP contribution >= 0.6 is 11.6 Å². The van der Waals surface area contributed by atoms with Crippen molar-refractivity contribution in [2.45, 2.75) is 6.18 Å². The first-order chi connectivity index (χ1) is 17.3. The number of amides is 2. The van der Waals surface area contributed by atoms with E-state index in [1.807, 2.05) is 18.2 Å². The number of carbonyl (C=O) groups excluding carboxylic acids is 1. The number of benzene rings is 2. The molecule has 2 amide bonds. The highest BCUT2D eigenvalue weighted by molar-refractivity contribution is 6.31. The van der Waals surface area contributed by atoms with E-state index in [1.165, 1.54) is 6.07 Å². The molecule has 0 aliphatic heterocycles. The van der Waals surface area contributed by atoms with Gasteiger partial charge in [-0.05, 0) is 42.5 Å². The number of anilines is 2. The first-order valence-electron chi connectivity index (χ1n) is 10.6. The Morgan fingerprint density at radius 1 is 0.889 bits per heavy atom. The molecule has 0 atom stereocenters. The molecule has 0 bridgehead atoms. The first-order valence-corrected chi connectivity index (χ1v) is 11.0. The smallest absolute Gasteiger partial charge is 0.308 e. The number of hydrogen-bond donors (Lipinski definition) is 2. The van der Waals surface area contributed by atoms with Gasteiger partial charge in [0.15, 0.2) is 5.65 Å². The van der Waals surface area contributed by atoms with Crippen molar-refractivity contribution in [2.24, 2.45) is 0 Å². The minimum absolute atomic E-state index is 0.0457. The third-order valence-electron chi connectivity index (χ3n) is 5.32. The Balaban J connectivity index is 1.39. The number of halogens is 4. The number of fused-ring (bicyclic) bond motifs is 1. The Morgan fingerprint density at radius 2 is 1.67 bits per heavy atom. The van der Waals surface area contributed by atoms with E-state index in [9.17, 15) is 18.0 Å². The molecule has 0 unspecified atom stereocenters. The van der Waals surface area contributed by atoms with Crippen LogP contribution in [0.15, 0.2) is 85.5 Å². The minimum atomic E-state index is -4.64. The molecular weight excluding hydrogens is 493 g/mol. The maximum absolute atomic E-state index is 13.1. The van der Waals surface area contributed by atoms with Gasteiger partial charge in [0.05, 0.1) is 22.5 Å². The Kier molecular flexibility index (Phi) is 6.03. The molecule has 0 saturated carbocycles. The van der Waals surface area contributed by atoms with Gasteiger partial charge in [-0.2, -0.15) is 18.3 Å². The predicted octanol–water partition coefficient (Wildman–Crippen LogP) is 6.77. The average molecular weight is 509 g/mol. The maximum atomic E-state index is 13.1. The zero-order chi connectivity index (χ0) is 25.3. The summed E-state index contributed by atoms with van der Waals surface area (Å²) in [6, 6.07) is 15.0. The van der Waals surface area contributed by atoms with E-state index < -0.39 is 22.8 Å². The van der Waals surface area contributed by atoms with E-state index in [-0.39, 0.29) is 5.69 Å². The number of nitrogens with zero attached hydrogens (tertiary/aromatic N) is 4. The van der Waals surface area contributed by atoms with Crippen molar-refractivity contribution in [2.75, 3.05) is 10.6 Å². The summed E-state index contributed by atoms with van der Waals surface area (Å²) in [5, 5.41) is 9.06. The Morgan fingerprint density at radius 3 is 2.42 bits per heavy atom. The van der Waals surface area contributed by atoms with Crippen LogP contribution in [0.1, 0.15) is 5.56 Å². The fraction of sp³-hybridized carbons (Fsp3) is 0.0400. The van der Waals surface area contributed by atoms with Crippen LogP contribution in [0.25, 0.3) is 28.0 Å². The first kappa shape index (κ1) is 23.3. The summed E-state index contributed by atoms with van der Waals surface area (Å²) in [5.41, 5.74) is 3.16. The number of hydrogen-bond acceptors (Lipinski definition) is 4. The van der Waals surface area contributed by atoms with Gasteiger partial charge in [-0.15, -0.1) is 0 Å². The van der Waals surface area contributed by atoms with Gasteiger partial charge in [-0.3, -0.25) is 4.98 Å². The molecule has 0 aliphatic rings. The molecule has 0 fully saturated rings. The van der Waals surface area contributed by atoms with E-state index in [4.69, 9.17) is 11.6 Å². The second-order valence-corrected chi connectivity index (χ2v) is 8.12. The molecular formula is C25H16ClF3N6O. The van der Waals surface area contributed by atoms with Crippen molar-refractivity contribution in [1.82, 2.24) is 19.6 Å². The zero-order valence-electron chi connectivity index (χ0n) is 18.3. The molecule has 0 saturated heterocycles. The van der Waals surface area contributed by atoms with Crippen LogP contribution in [-0.2, 0) is 6.18 Å². The SMILES string of the molecule is O=C(Nc1cccc(-c2ccnc3c(-c4cccnc4)cnn23)c1)Nc1ccc(Cl)c(C(F)(F)F)c1. The summed E-state index contributed by atoms with van der Waals surface area (Å²) in [7, 11) is 0. The number of nitrogens with one attached hydrogen (secondary N) is 2. The van der Waals surface area contributed by atoms with Crippen molar-refractivity contribution in [3.8, 4) is 22.4 Å². The van der Waals surface area contributed by atoms with Crippen molar-refractivity contribution < 1.29 is 18.0 Å². The monoisotopic (exact) mass is 508 g/mol. The lowest BCUT2D eigenvalue weighted by Crippen LogP contribution is -2.20. The Labute approximate surface area is 207 Å². The number of alkyl halides is 3. The predicted molar refractivity (Wildman–Crippen MR) is 131 cm³/mol. The van der Waals surface area contributed by atoms with E-state index in [1.54, 1.807) is 53.6 Å². The largest absolute Gasteiger partial charge is 0.417 e. The lowest BCUT2D eigenvalue weighted by atomic mass is 10.1. The van der Waals surface area contributed by atoms with Crippen molar-refractivity contribution in [1.29, 1.82) is 0 Å². The summed E-state index contributed by atoms with van der Waals surface area (Å²) in [6.45, 7) is 0. The third-order valence-corrected chi connectivity index (χ3v) is 5.65. The molecule has 5 rings (SSSR count). The van der Waals surface area contributed by atoms with Crippen LogP contribution in [0.4, 0.5) is 29.3 Å². The van der Waals surface area contributed by atoms with Crippen LogP contribution in [0.2, 0.25) is 5.02 Å². The molecule has 0 spiro atoms. The van der Waals surface area contributed by atoms with Gasteiger partial charge in [0.25, 0.3) is 0 Å². The quantitative estimate of drug-likeness (QED) is 0.280.